The molecule has 5 nitrogen and oxygen atoms in total. The third-order valence-corrected chi connectivity index (χ3v) is 5.08. The Bertz CT molecular complexity index is 561. The van der Waals surface area contributed by atoms with Gasteiger partial charge in [-0.15, -0.1) is 0 Å². The van der Waals surface area contributed by atoms with E-state index in [-0.39, 0.29) is 0 Å². The normalized spacial score (nSPS) is 13.1. The van der Waals surface area contributed by atoms with Gasteiger partial charge in [0.1, 0.15) is 5.75 Å². The smallest absolute Gasteiger partial charge is 0.236 e. The van der Waals surface area contributed by atoms with Crippen molar-refractivity contribution in [3.63, 3.8) is 0 Å². The van der Waals surface area contributed by atoms with Gasteiger partial charge < -0.3 is 10.1 Å². The monoisotopic (exact) mass is 320 g/mol. The van der Waals surface area contributed by atoms with Crippen molar-refractivity contribution in [2.24, 2.45) is 0 Å². The maximum absolute atomic E-state index is 12.2. The molecule has 2 N–H and O–H groups in total. The lowest BCUT2D eigenvalue weighted by Gasteiger charge is -2.17. The van der Waals surface area contributed by atoms with Gasteiger partial charge in [0.15, 0.2) is 0 Å². The van der Waals surface area contributed by atoms with Crippen molar-refractivity contribution in [3.8, 4) is 5.75 Å². The zero-order chi connectivity index (χ0) is 15.3. The van der Waals surface area contributed by atoms with Crippen LogP contribution >= 0.6 is 11.6 Å². The molecule has 114 valence electrons. The molecular weight excluding hydrogens is 300 g/mol. The van der Waals surface area contributed by atoms with E-state index < -0.39 is 15.3 Å². The van der Waals surface area contributed by atoms with E-state index in [9.17, 15) is 8.42 Å². The van der Waals surface area contributed by atoms with Crippen LogP contribution in [0.15, 0.2) is 12.1 Å². The topological polar surface area (TPSA) is 67.4 Å². The second kappa shape index (κ2) is 7.15. The number of halogens is 1. The van der Waals surface area contributed by atoms with E-state index in [0.717, 1.165) is 12.1 Å². The van der Waals surface area contributed by atoms with Crippen LogP contribution < -0.4 is 14.8 Å². The number of sulfonamides is 1. The summed E-state index contributed by atoms with van der Waals surface area (Å²) in [6, 6.07) is 3.27. The van der Waals surface area contributed by atoms with E-state index in [1.807, 2.05) is 13.8 Å². The number of hydrogen-bond acceptors (Lipinski definition) is 4. The minimum Gasteiger partial charge on any atom is -0.495 e. The summed E-state index contributed by atoms with van der Waals surface area (Å²) in [6.07, 6.45) is 0. The van der Waals surface area contributed by atoms with Crippen molar-refractivity contribution in [2.45, 2.75) is 26.0 Å². The van der Waals surface area contributed by atoms with Gasteiger partial charge in [0.2, 0.25) is 10.0 Å². The molecule has 1 aromatic rings. The van der Waals surface area contributed by atoms with E-state index in [2.05, 4.69) is 10.0 Å². The van der Waals surface area contributed by atoms with Gasteiger partial charge in [0.05, 0.1) is 18.0 Å². The zero-order valence-corrected chi connectivity index (χ0v) is 13.7. The van der Waals surface area contributed by atoms with Crippen molar-refractivity contribution in [1.82, 2.24) is 5.32 Å². The van der Waals surface area contributed by atoms with Crippen LogP contribution in [0.25, 0.3) is 0 Å². The fourth-order valence-corrected chi connectivity index (χ4v) is 2.78. The second-order valence-corrected chi connectivity index (χ2v) is 7.07. The molecule has 0 aliphatic rings. The van der Waals surface area contributed by atoms with E-state index >= 15 is 0 Å². The molecule has 7 heteroatoms. The molecule has 1 rings (SSSR count). The summed E-state index contributed by atoms with van der Waals surface area (Å²) in [6.45, 7) is 6.50. The van der Waals surface area contributed by atoms with Gasteiger partial charge in [-0.05, 0) is 32.0 Å². The quantitative estimate of drug-likeness (QED) is 0.809. The lowest BCUT2D eigenvalue weighted by atomic mass is 10.2. The highest BCUT2D eigenvalue weighted by Crippen LogP contribution is 2.31. The summed E-state index contributed by atoms with van der Waals surface area (Å²) in [4.78, 5) is 0. The van der Waals surface area contributed by atoms with Crippen molar-refractivity contribution in [2.75, 3.05) is 24.9 Å². The lowest BCUT2D eigenvalue weighted by Crippen LogP contribution is -2.34. The number of aryl methyl sites for hydroxylation is 1. The van der Waals surface area contributed by atoms with Gasteiger partial charge in [-0.2, -0.15) is 0 Å². The third-order valence-electron chi connectivity index (χ3n) is 2.94. The van der Waals surface area contributed by atoms with Crippen LogP contribution in [0.3, 0.4) is 0 Å². The average molecular weight is 321 g/mol. The predicted octanol–water partition coefficient (Wildman–Crippen LogP) is 2.40. The summed E-state index contributed by atoms with van der Waals surface area (Å²) in [5.41, 5.74) is 1.18. The molecule has 1 aromatic carbocycles. The number of ether oxygens (including phenoxy) is 1. The Morgan fingerprint density at radius 3 is 2.60 bits per heavy atom. The Labute approximate surface area is 125 Å². The molecule has 1 atom stereocenters. The minimum atomic E-state index is -3.48. The number of methoxy groups -OCH3 is 1. The van der Waals surface area contributed by atoms with Crippen LogP contribution in [0.2, 0.25) is 5.02 Å². The number of nitrogens with one attached hydrogen (secondary N) is 2. The SMILES string of the molecule is CCNCC(C)S(=O)(=O)Nc1cc(C)c(Cl)cc1OC. The molecule has 0 saturated carbocycles. The van der Waals surface area contributed by atoms with E-state index in [0.29, 0.717) is 23.0 Å². The molecule has 0 aliphatic heterocycles. The maximum Gasteiger partial charge on any atom is 0.236 e. The van der Waals surface area contributed by atoms with E-state index in [1.165, 1.54) is 7.11 Å². The van der Waals surface area contributed by atoms with Crippen molar-refractivity contribution < 1.29 is 13.2 Å². The average Bonchev–Trinajstić information content (AvgIpc) is 2.39. The summed E-state index contributed by atoms with van der Waals surface area (Å²) < 4.78 is 32.2. The second-order valence-electron chi connectivity index (χ2n) is 4.57. The number of rotatable bonds is 7. The molecule has 0 radical (unpaired) electrons. The summed E-state index contributed by atoms with van der Waals surface area (Å²) in [7, 11) is -2.01. The molecule has 20 heavy (non-hydrogen) atoms. The van der Waals surface area contributed by atoms with E-state index in [1.54, 1.807) is 19.1 Å². The first-order valence-electron chi connectivity index (χ1n) is 6.38. The first kappa shape index (κ1) is 17.1. The lowest BCUT2D eigenvalue weighted by molar-refractivity contribution is 0.417. The Morgan fingerprint density at radius 1 is 1.40 bits per heavy atom. The Kier molecular flexibility index (Phi) is 6.10. The van der Waals surface area contributed by atoms with Crippen LogP contribution in [0.4, 0.5) is 5.69 Å². The van der Waals surface area contributed by atoms with Gasteiger partial charge in [-0.3, -0.25) is 4.72 Å². The molecule has 0 aliphatic carbocycles. The third kappa shape index (κ3) is 4.26. The molecule has 0 heterocycles. The predicted molar refractivity (Wildman–Crippen MR) is 83.3 cm³/mol. The Hall–Kier alpha value is -0.980. The van der Waals surface area contributed by atoms with Gasteiger partial charge in [-0.1, -0.05) is 18.5 Å². The number of benzene rings is 1. The number of hydrogen-bond donors (Lipinski definition) is 2. The molecule has 0 bridgehead atoms. The Morgan fingerprint density at radius 2 is 2.05 bits per heavy atom. The first-order chi connectivity index (χ1) is 9.31. The van der Waals surface area contributed by atoms with Crippen LogP contribution in [0.5, 0.6) is 5.75 Å². The van der Waals surface area contributed by atoms with Crippen LogP contribution in [-0.2, 0) is 10.0 Å². The summed E-state index contributed by atoms with van der Waals surface area (Å²) in [5, 5.41) is 3.00. The zero-order valence-electron chi connectivity index (χ0n) is 12.2. The van der Waals surface area contributed by atoms with E-state index in [4.69, 9.17) is 16.3 Å². The molecule has 0 aromatic heterocycles. The van der Waals surface area contributed by atoms with Gasteiger partial charge in [0.25, 0.3) is 0 Å². The van der Waals surface area contributed by atoms with Gasteiger partial charge >= 0.3 is 0 Å². The van der Waals surface area contributed by atoms with Crippen LogP contribution in [0, 0.1) is 6.92 Å². The minimum absolute atomic E-state index is 0.390. The highest BCUT2D eigenvalue weighted by atomic mass is 35.5. The van der Waals surface area contributed by atoms with Crippen LogP contribution in [-0.4, -0.2) is 33.9 Å². The first-order valence-corrected chi connectivity index (χ1v) is 8.30. The van der Waals surface area contributed by atoms with Crippen molar-refractivity contribution in [3.05, 3.63) is 22.7 Å². The Balaban J connectivity index is 3.00. The van der Waals surface area contributed by atoms with Crippen molar-refractivity contribution >= 4 is 27.3 Å². The standard InChI is InChI=1S/C13H21ClN2O3S/c1-5-15-8-10(3)20(17,18)16-12-6-9(2)11(14)7-13(12)19-4/h6-7,10,15-16H,5,8H2,1-4H3. The summed E-state index contributed by atoms with van der Waals surface area (Å²) >= 11 is 6.00. The molecule has 0 amide bonds. The largest absolute Gasteiger partial charge is 0.495 e. The number of anilines is 1. The molecular formula is C13H21ClN2O3S. The highest BCUT2D eigenvalue weighted by Gasteiger charge is 2.22. The molecule has 1 unspecified atom stereocenters. The van der Waals surface area contributed by atoms with Crippen molar-refractivity contribution in [1.29, 1.82) is 0 Å². The highest BCUT2D eigenvalue weighted by molar-refractivity contribution is 7.93. The fraction of sp³-hybridized carbons (Fsp3) is 0.538. The van der Waals surface area contributed by atoms with Crippen LogP contribution in [0.1, 0.15) is 19.4 Å². The van der Waals surface area contributed by atoms with Gasteiger partial charge in [0, 0.05) is 17.6 Å². The summed E-state index contributed by atoms with van der Waals surface area (Å²) in [5.74, 6) is 0.403. The maximum atomic E-state index is 12.2. The molecule has 0 spiro atoms. The molecule has 0 saturated heterocycles. The van der Waals surface area contributed by atoms with Gasteiger partial charge in [-0.25, -0.2) is 8.42 Å². The fourth-order valence-electron chi connectivity index (χ4n) is 1.62. The molecule has 0 fully saturated rings.